The van der Waals surface area contributed by atoms with Crippen LogP contribution in [0.1, 0.15) is 38.4 Å². The second-order valence-corrected chi connectivity index (χ2v) is 4.95. The van der Waals surface area contributed by atoms with Crippen LogP contribution in [0, 0.1) is 34.6 Å². The van der Waals surface area contributed by atoms with Gasteiger partial charge in [0.05, 0.1) is 0 Å². The molecule has 0 aliphatic carbocycles. The van der Waals surface area contributed by atoms with Crippen molar-refractivity contribution in [1.29, 1.82) is 0 Å². The Hall–Kier alpha value is -2.10. The van der Waals surface area contributed by atoms with Gasteiger partial charge >= 0.3 is 5.97 Å². The van der Waals surface area contributed by atoms with Crippen molar-refractivity contribution in [1.82, 2.24) is 4.98 Å². The number of carboxylic acids is 1. The van der Waals surface area contributed by atoms with Crippen molar-refractivity contribution in [2.75, 3.05) is 0 Å². The van der Waals surface area contributed by atoms with Gasteiger partial charge in [0.15, 0.2) is 11.4 Å². The lowest BCUT2D eigenvalue weighted by atomic mass is 9.90. The minimum absolute atomic E-state index is 0.239. The molecule has 0 amide bonds. The number of carboxylic acid groups (broad SMARTS) is 1. The Morgan fingerprint density at radius 2 is 1.37 bits per heavy atom. The Kier molecular flexibility index (Phi) is 2.97. The maximum Gasteiger partial charge on any atom is 0.358 e. The third-order valence-electron chi connectivity index (χ3n) is 3.99. The van der Waals surface area contributed by atoms with E-state index in [1.807, 2.05) is 27.7 Å². The van der Waals surface area contributed by atoms with E-state index in [0.717, 1.165) is 27.6 Å². The van der Waals surface area contributed by atoms with Crippen LogP contribution in [0.3, 0.4) is 0 Å². The second-order valence-electron chi connectivity index (χ2n) is 4.95. The summed E-state index contributed by atoms with van der Waals surface area (Å²) in [5.74, 6) is -1.45. The molecule has 0 saturated heterocycles. The molecule has 4 nitrogen and oxygen atoms in total. The highest BCUT2D eigenvalue weighted by atomic mass is 16.4. The third-order valence-corrected chi connectivity index (χ3v) is 3.99. The molecule has 0 radical (unpaired) electrons. The number of pyridine rings is 1. The van der Waals surface area contributed by atoms with Crippen LogP contribution in [0.4, 0.5) is 0 Å². The highest BCUT2D eigenvalue weighted by molar-refractivity contribution is 6.02. The third kappa shape index (κ3) is 1.75. The summed E-state index contributed by atoms with van der Waals surface area (Å²) in [6, 6.07) is 0. The molecule has 0 spiro atoms. The number of benzene rings is 1. The summed E-state index contributed by atoms with van der Waals surface area (Å²) in [5.41, 5.74) is 4.52. The monoisotopic (exact) mass is 259 g/mol. The molecule has 0 bridgehead atoms. The zero-order valence-electron chi connectivity index (χ0n) is 11.7. The number of hydrogen-bond acceptors (Lipinski definition) is 3. The fourth-order valence-electron chi connectivity index (χ4n) is 2.60. The van der Waals surface area contributed by atoms with Gasteiger partial charge in [-0.2, -0.15) is 0 Å². The molecular weight excluding hydrogens is 242 g/mol. The molecule has 2 aromatic rings. The molecular formula is C15H17NO3. The van der Waals surface area contributed by atoms with Crippen LogP contribution in [-0.2, 0) is 0 Å². The lowest BCUT2D eigenvalue weighted by molar-refractivity contribution is 0.0687. The summed E-state index contributed by atoms with van der Waals surface area (Å²) in [7, 11) is 0. The highest BCUT2D eigenvalue weighted by Gasteiger charge is 2.21. The van der Waals surface area contributed by atoms with Crippen LogP contribution in [0.15, 0.2) is 0 Å². The topological polar surface area (TPSA) is 70.4 Å². The SMILES string of the molecule is Cc1c(C)c(C)c2c(O)c(C(=O)O)nc(C)c2c1C. The van der Waals surface area contributed by atoms with Crippen LogP contribution in [0.5, 0.6) is 5.75 Å². The van der Waals surface area contributed by atoms with Gasteiger partial charge in [-0.15, -0.1) is 0 Å². The second kappa shape index (κ2) is 4.23. The number of aromatic hydroxyl groups is 1. The van der Waals surface area contributed by atoms with E-state index in [9.17, 15) is 9.90 Å². The maximum atomic E-state index is 11.1. The van der Waals surface area contributed by atoms with E-state index in [1.165, 1.54) is 0 Å². The summed E-state index contributed by atoms with van der Waals surface area (Å²) in [6.07, 6.45) is 0. The quantitative estimate of drug-likeness (QED) is 0.825. The summed E-state index contributed by atoms with van der Waals surface area (Å²) in [5, 5.41) is 20.8. The molecule has 1 heterocycles. The van der Waals surface area contributed by atoms with Crippen LogP contribution in [0.25, 0.3) is 10.8 Å². The van der Waals surface area contributed by atoms with Gasteiger partial charge in [0.1, 0.15) is 0 Å². The van der Waals surface area contributed by atoms with Crippen LogP contribution >= 0.6 is 0 Å². The van der Waals surface area contributed by atoms with Gasteiger partial charge in [0, 0.05) is 16.5 Å². The lowest BCUT2D eigenvalue weighted by Gasteiger charge is -2.17. The van der Waals surface area contributed by atoms with E-state index in [0.29, 0.717) is 11.1 Å². The van der Waals surface area contributed by atoms with Crippen molar-refractivity contribution in [3.05, 3.63) is 33.6 Å². The average molecular weight is 259 g/mol. The van der Waals surface area contributed by atoms with Crippen LogP contribution in [0.2, 0.25) is 0 Å². The van der Waals surface area contributed by atoms with Crippen molar-refractivity contribution in [3.8, 4) is 5.75 Å². The molecule has 0 aliphatic rings. The molecule has 0 atom stereocenters. The molecule has 0 saturated carbocycles. The molecule has 1 aromatic heterocycles. The van der Waals surface area contributed by atoms with E-state index in [1.54, 1.807) is 6.92 Å². The first-order chi connectivity index (χ1) is 8.77. The van der Waals surface area contributed by atoms with Crippen molar-refractivity contribution in [3.63, 3.8) is 0 Å². The molecule has 0 aliphatic heterocycles. The van der Waals surface area contributed by atoms with Gasteiger partial charge in [-0.3, -0.25) is 0 Å². The molecule has 19 heavy (non-hydrogen) atoms. The van der Waals surface area contributed by atoms with E-state index in [-0.39, 0.29) is 11.4 Å². The van der Waals surface area contributed by atoms with Gasteiger partial charge in [0.25, 0.3) is 0 Å². The predicted octanol–water partition coefficient (Wildman–Crippen LogP) is 3.18. The maximum absolute atomic E-state index is 11.1. The predicted molar refractivity (Wildman–Crippen MR) is 74.1 cm³/mol. The molecule has 0 unspecified atom stereocenters. The Morgan fingerprint density at radius 1 is 0.895 bits per heavy atom. The van der Waals surface area contributed by atoms with Crippen molar-refractivity contribution in [2.45, 2.75) is 34.6 Å². The minimum Gasteiger partial charge on any atom is -0.505 e. The number of fused-ring (bicyclic) bond motifs is 1. The van der Waals surface area contributed by atoms with Crippen molar-refractivity contribution < 1.29 is 15.0 Å². The fraction of sp³-hybridized carbons (Fsp3) is 0.333. The molecule has 1 aromatic carbocycles. The Morgan fingerprint density at radius 3 is 1.84 bits per heavy atom. The molecule has 4 heteroatoms. The normalized spacial score (nSPS) is 11.0. The van der Waals surface area contributed by atoms with E-state index in [4.69, 9.17) is 5.11 Å². The number of aromatic carboxylic acids is 1. The standard InChI is InChI=1S/C15H17NO3/c1-6-7(2)9(4)12-11(8(6)3)10(5)16-13(14(12)17)15(18)19/h17H,1-5H3,(H,18,19). The average Bonchev–Trinajstić information content (AvgIpc) is 2.35. The highest BCUT2D eigenvalue weighted by Crippen LogP contribution is 2.37. The number of hydrogen-bond donors (Lipinski definition) is 2. The Bertz CT molecular complexity index is 718. The first-order valence-electron chi connectivity index (χ1n) is 6.10. The van der Waals surface area contributed by atoms with Gasteiger partial charge in [-0.1, -0.05) is 0 Å². The minimum atomic E-state index is -1.21. The first-order valence-corrected chi connectivity index (χ1v) is 6.10. The summed E-state index contributed by atoms with van der Waals surface area (Å²) in [6.45, 7) is 9.65. The smallest absolute Gasteiger partial charge is 0.358 e. The molecule has 0 fully saturated rings. The first kappa shape index (κ1) is 13.3. The molecule has 100 valence electrons. The van der Waals surface area contributed by atoms with Gasteiger partial charge < -0.3 is 10.2 Å². The summed E-state index contributed by atoms with van der Waals surface area (Å²) < 4.78 is 0. The largest absolute Gasteiger partial charge is 0.505 e. The molecule has 2 N–H and O–H groups in total. The van der Waals surface area contributed by atoms with Gasteiger partial charge in [-0.25, -0.2) is 9.78 Å². The number of nitrogens with zero attached hydrogens (tertiary/aromatic N) is 1. The van der Waals surface area contributed by atoms with E-state index < -0.39 is 5.97 Å². The Balaban J connectivity index is 3.13. The van der Waals surface area contributed by atoms with Crippen LogP contribution < -0.4 is 0 Å². The number of rotatable bonds is 1. The van der Waals surface area contributed by atoms with Gasteiger partial charge in [-0.05, 0) is 56.9 Å². The number of carbonyl (C=O) groups is 1. The number of aromatic nitrogens is 1. The van der Waals surface area contributed by atoms with Crippen LogP contribution in [-0.4, -0.2) is 21.2 Å². The zero-order chi connectivity index (χ0) is 14.5. The zero-order valence-corrected chi connectivity index (χ0v) is 11.7. The summed E-state index contributed by atoms with van der Waals surface area (Å²) in [4.78, 5) is 15.2. The van der Waals surface area contributed by atoms with Crippen molar-refractivity contribution >= 4 is 16.7 Å². The van der Waals surface area contributed by atoms with Crippen molar-refractivity contribution in [2.24, 2.45) is 0 Å². The Labute approximate surface area is 111 Å². The number of aryl methyl sites for hydroxylation is 3. The van der Waals surface area contributed by atoms with Gasteiger partial charge in [0.2, 0.25) is 0 Å². The lowest BCUT2D eigenvalue weighted by Crippen LogP contribution is -2.05. The van der Waals surface area contributed by atoms with E-state index in [2.05, 4.69) is 4.98 Å². The fourth-order valence-corrected chi connectivity index (χ4v) is 2.60. The summed E-state index contributed by atoms with van der Waals surface area (Å²) >= 11 is 0. The molecule has 2 rings (SSSR count). The van der Waals surface area contributed by atoms with E-state index >= 15 is 0 Å².